The van der Waals surface area contributed by atoms with Gasteiger partial charge in [-0.15, -0.1) is 0 Å². The summed E-state index contributed by atoms with van der Waals surface area (Å²) in [6.07, 6.45) is 5.64. The smallest absolute Gasteiger partial charge is 0.233 e. The number of carbonyl (C=O) groups is 3. The lowest BCUT2D eigenvalue weighted by molar-refractivity contribution is -0.140. The normalized spacial score (nSPS) is 35.3. The van der Waals surface area contributed by atoms with E-state index in [9.17, 15) is 14.4 Å². The minimum atomic E-state index is -0.182. The van der Waals surface area contributed by atoms with Gasteiger partial charge in [-0.1, -0.05) is 24.3 Å². The SMILES string of the molecule is Cc1ccc(C)c(NC(=O)CCN2C(=O)C3C4C=CC(C5CC45)C3C2=O)c1. The maximum absolute atomic E-state index is 12.9. The van der Waals surface area contributed by atoms with Gasteiger partial charge >= 0.3 is 0 Å². The van der Waals surface area contributed by atoms with E-state index in [1.165, 1.54) is 4.90 Å². The van der Waals surface area contributed by atoms with Crippen molar-refractivity contribution in [3.05, 3.63) is 41.5 Å². The van der Waals surface area contributed by atoms with Crippen LogP contribution in [-0.4, -0.2) is 29.2 Å². The Kier molecular flexibility index (Phi) is 3.58. The zero-order valence-electron chi connectivity index (χ0n) is 15.6. The summed E-state index contributed by atoms with van der Waals surface area (Å²) in [5.41, 5.74) is 2.86. The number of imide groups is 1. The van der Waals surface area contributed by atoms with Crippen LogP contribution in [0, 0.1) is 49.4 Å². The van der Waals surface area contributed by atoms with Gasteiger partial charge in [0.25, 0.3) is 0 Å². The summed E-state index contributed by atoms with van der Waals surface area (Å²) in [4.78, 5) is 39.6. The monoisotopic (exact) mass is 364 g/mol. The molecule has 0 spiro atoms. The molecule has 2 bridgehead atoms. The number of rotatable bonds is 4. The van der Waals surface area contributed by atoms with Gasteiger partial charge in [0.1, 0.15) is 0 Å². The third-order valence-electron chi connectivity index (χ3n) is 6.98. The predicted octanol–water partition coefficient (Wildman–Crippen LogP) is 2.69. The highest BCUT2D eigenvalue weighted by Gasteiger charge is 2.66. The van der Waals surface area contributed by atoms with Crippen molar-refractivity contribution in [3.63, 3.8) is 0 Å². The minimum absolute atomic E-state index is 0.0609. The zero-order valence-corrected chi connectivity index (χ0v) is 15.6. The lowest BCUT2D eigenvalue weighted by Crippen LogP contribution is -2.40. The first-order chi connectivity index (χ1) is 13.0. The second-order valence-electron chi connectivity index (χ2n) is 8.60. The first-order valence-corrected chi connectivity index (χ1v) is 9.86. The van der Waals surface area contributed by atoms with Crippen molar-refractivity contribution >= 4 is 23.4 Å². The molecule has 6 unspecified atom stereocenters. The first-order valence-electron chi connectivity index (χ1n) is 9.86. The molecule has 5 aliphatic rings. The summed E-state index contributed by atoms with van der Waals surface area (Å²) < 4.78 is 0. The number of anilines is 1. The van der Waals surface area contributed by atoms with Crippen LogP contribution in [0.25, 0.3) is 0 Å². The summed E-state index contributed by atoms with van der Waals surface area (Å²) in [5, 5.41) is 2.91. The third-order valence-corrected chi connectivity index (χ3v) is 6.98. The Labute approximate surface area is 158 Å². The number of nitrogens with zero attached hydrogens (tertiary/aromatic N) is 1. The molecule has 5 nitrogen and oxygen atoms in total. The highest BCUT2D eigenvalue weighted by atomic mass is 16.2. The standard InChI is InChI=1S/C22H24N2O3/c1-11-3-4-12(2)17(9-11)23-18(25)7-8-24-21(26)19-13-5-6-14(16-10-15(13)16)20(19)22(24)27/h3-6,9,13-16,19-20H,7-8,10H2,1-2H3,(H,23,25). The van der Waals surface area contributed by atoms with Crippen LogP contribution in [0.5, 0.6) is 0 Å². The molecule has 27 heavy (non-hydrogen) atoms. The van der Waals surface area contributed by atoms with E-state index in [-0.39, 0.29) is 54.4 Å². The van der Waals surface area contributed by atoms with Crippen molar-refractivity contribution in [2.75, 3.05) is 11.9 Å². The molecule has 6 rings (SSSR count). The summed E-state index contributed by atoms with van der Waals surface area (Å²) in [6.45, 7) is 4.10. The van der Waals surface area contributed by atoms with E-state index >= 15 is 0 Å². The van der Waals surface area contributed by atoms with Gasteiger partial charge in [0, 0.05) is 18.7 Å². The number of carbonyl (C=O) groups excluding carboxylic acids is 3. The topological polar surface area (TPSA) is 66.5 Å². The second-order valence-corrected chi connectivity index (χ2v) is 8.60. The number of nitrogens with one attached hydrogen (secondary N) is 1. The lowest BCUT2D eigenvalue weighted by atomic mass is 9.63. The molecule has 1 heterocycles. The lowest BCUT2D eigenvalue weighted by Gasteiger charge is -2.37. The third kappa shape index (κ3) is 2.47. The molecule has 0 aromatic heterocycles. The molecule has 1 saturated heterocycles. The maximum Gasteiger partial charge on any atom is 0.233 e. The van der Waals surface area contributed by atoms with Crippen LogP contribution >= 0.6 is 0 Å². The van der Waals surface area contributed by atoms with Crippen molar-refractivity contribution in [1.29, 1.82) is 0 Å². The molecule has 140 valence electrons. The number of allylic oxidation sites excluding steroid dienone is 2. The van der Waals surface area contributed by atoms with E-state index in [4.69, 9.17) is 0 Å². The second kappa shape index (κ2) is 5.78. The van der Waals surface area contributed by atoms with Crippen LogP contribution in [0.1, 0.15) is 24.0 Å². The van der Waals surface area contributed by atoms with Gasteiger partial charge < -0.3 is 5.32 Å². The largest absolute Gasteiger partial charge is 0.326 e. The number of hydrogen-bond acceptors (Lipinski definition) is 3. The quantitative estimate of drug-likeness (QED) is 0.660. The number of likely N-dealkylation sites (tertiary alicyclic amines) is 1. The van der Waals surface area contributed by atoms with E-state index in [2.05, 4.69) is 17.5 Å². The average molecular weight is 364 g/mol. The highest BCUT2D eigenvalue weighted by molar-refractivity contribution is 6.06. The fraction of sp³-hybridized carbons (Fsp3) is 0.500. The van der Waals surface area contributed by atoms with Gasteiger partial charge in [0.15, 0.2) is 0 Å². The fourth-order valence-corrected chi connectivity index (χ4v) is 5.54. The Morgan fingerprint density at radius 1 is 1.07 bits per heavy atom. The molecule has 0 radical (unpaired) electrons. The van der Waals surface area contributed by atoms with Crippen molar-refractivity contribution in [3.8, 4) is 0 Å². The Hall–Kier alpha value is -2.43. The van der Waals surface area contributed by atoms with Gasteiger partial charge in [-0.25, -0.2) is 0 Å². The van der Waals surface area contributed by atoms with Crippen LogP contribution in [0.2, 0.25) is 0 Å². The maximum atomic E-state index is 12.9. The van der Waals surface area contributed by atoms with Crippen LogP contribution in [0.3, 0.4) is 0 Å². The molecule has 5 heteroatoms. The van der Waals surface area contributed by atoms with Crippen molar-refractivity contribution in [1.82, 2.24) is 4.90 Å². The number of hydrogen-bond donors (Lipinski definition) is 1. The van der Waals surface area contributed by atoms with Crippen LogP contribution in [0.4, 0.5) is 5.69 Å². The number of amides is 3. The summed E-state index contributed by atoms with van der Waals surface area (Å²) in [7, 11) is 0. The molecule has 3 amide bonds. The van der Waals surface area contributed by atoms with E-state index in [1.807, 2.05) is 32.0 Å². The summed E-state index contributed by atoms with van der Waals surface area (Å²) >= 11 is 0. The molecule has 1 N–H and O–H groups in total. The Morgan fingerprint density at radius 3 is 2.33 bits per heavy atom. The Bertz CT molecular complexity index is 854. The van der Waals surface area contributed by atoms with E-state index in [0.717, 1.165) is 23.2 Å². The van der Waals surface area contributed by atoms with E-state index < -0.39 is 0 Å². The number of benzene rings is 1. The van der Waals surface area contributed by atoms with E-state index in [1.54, 1.807) is 0 Å². The Morgan fingerprint density at radius 2 is 1.70 bits per heavy atom. The van der Waals surface area contributed by atoms with Gasteiger partial charge in [0.2, 0.25) is 17.7 Å². The molecular weight excluding hydrogens is 340 g/mol. The summed E-state index contributed by atoms with van der Waals surface area (Å²) in [5.74, 6) is 1.02. The molecular formula is C22H24N2O3. The van der Waals surface area contributed by atoms with Gasteiger partial charge in [-0.2, -0.15) is 0 Å². The molecule has 1 aromatic carbocycles. The highest BCUT2D eigenvalue weighted by Crippen LogP contribution is 2.65. The molecule has 4 aliphatic carbocycles. The van der Waals surface area contributed by atoms with Gasteiger partial charge in [0.05, 0.1) is 11.8 Å². The molecule has 1 aliphatic heterocycles. The van der Waals surface area contributed by atoms with Gasteiger partial charge in [-0.05, 0) is 61.1 Å². The Balaban J connectivity index is 1.26. The molecule has 1 aromatic rings. The predicted molar refractivity (Wildman–Crippen MR) is 101 cm³/mol. The minimum Gasteiger partial charge on any atom is -0.326 e. The van der Waals surface area contributed by atoms with Crippen molar-refractivity contribution in [2.45, 2.75) is 26.7 Å². The summed E-state index contributed by atoms with van der Waals surface area (Å²) in [6, 6.07) is 5.90. The van der Waals surface area contributed by atoms with Crippen molar-refractivity contribution < 1.29 is 14.4 Å². The van der Waals surface area contributed by atoms with Crippen LogP contribution in [0.15, 0.2) is 30.4 Å². The van der Waals surface area contributed by atoms with Crippen LogP contribution < -0.4 is 5.32 Å². The average Bonchev–Trinajstić information content (AvgIpc) is 3.42. The fourth-order valence-electron chi connectivity index (χ4n) is 5.54. The van der Waals surface area contributed by atoms with Crippen molar-refractivity contribution in [2.24, 2.45) is 35.5 Å². The zero-order chi connectivity index (χ0) is 18.9. The molecule has 3 fully saturated rings. The van der Waals surface area contributed by atoms with Crippen LogP contribution in [-0.2, 0) is 14.4 Å². The molecule has 6 atom stereocenters. The van der Waals surface area contributed by atoms with E-state index in [0.29, 0.717) is 11.8 Å². The molecule has 2 saturated carbocycles. The number of aryl methyl sites for hydroxylation is 2. The first kappa shape index (κ1) is 16.7. The van der Waals surface area contributed by atoms with Gasteiger partial charge in [-0.3, -0.25) is 19.3 Å².